The zero-order valence-electron chi connectivity index (χ0n) is 5.54. The summed E-state index contributed by atoms with van der Waals surface area (Å²) in [7, 11) is 0. The molecule has 0 spiro atoms. The van der Waals surface area contributed by atoms with E-state index in [1.54, 1.807) is 0 Å². The normalized spacial score (nSPS) is 11.7. The fourth-order valence-corrected chi connectivity index (χ4v) is 0. The second-order valence-electron chi connectivity index (χ2n) is 1.06. The molecule has 0 aliphatic heterocycles. The average Bonchev–Trinajstić information content (AvgIpc) is 2.58. The zero-order chi connectivity index (χ0) is 6.12. The highest BCUT2D eigenvalue weighted by molar-refractivity contribution is 4.50. The summed E-state index contributed by atoms with van der Waals surface area (Å²) >= 11 is 0. The van der Waals surface area contributed by atoms with Crippen molar-refractivity contribution in [2.75, 3.05) is 0 Å². The average molecular weight is 100 g/mol. The molecule has 44 valence electrons. The van der Waals surface area contributed by atoms with Gasteiger partial charge in [0, 0.05) is 0 Å². The van der Waals surface area contributed by atoms with Crippen molar-refractivity contribution < 1.29 is 0 Å². The molecule has 0 atom stereocenters. The van der Waals surface area contributed by atoms with Crippen LogP contribution in [0.4, 0.5) is 0 Å². The summed E-state index contributed by atoms with van der Waals surface area (Å²) in [6.45, 7) is 10.0. The van der Waals surface area contributed by atoms with Crippen molar-refractivity contribution in [3.63, 3.8) is 0 Å². The Morgan fingerprint density at radius 2 is 1.00 bits per heavy atom. The van der Waals surface area contributed by atoms with Crippen LogP contribution in [0.15, 0.2) is 13.2 Å². The first kappa shape index (κ1) is 9.88. The molecule has 1 saturated carbocycles. The van der Waals surface area contributed by atoms with E-state index < -0.39 is 0 Å². The number of rotatable bonds is 0. The van der Waals surface area contributed by atoms with Crippen LogP contribution in [0.1, 0.15) is 33.1 Å². The van der Waals surface area contributed by atoms with Gasteiger partial charge in [-0.25, -0.2) is 0 Å². The molecule has 1 rings (SSSR count). The summed E-state index contributed by atoms with van der Waals surface area (Å²) in [6.07, 6.45) is 4.50. The third kappa shape index (κ3) is 147. The van der Waals surface area contributed by atoms with Crippen molar-refractivity contribution in [3.05, 3.63) is 13.2 Å². The molecule has 0 bridgehead atoms. The van der Waals surface area contributed by atoms with Crippen molar-refractivity contribution in [2.24, 2.45) is 0 Å². The van der Waals surface area contributed by atoms with Crippen LogP contribution < -0.4 is 0 Å². The van der Waals surface area contributed by atoms with Crippen LogP contribution in [0.2, 0.25) is 0 Å². The lowest BCUT2D eigenvalue weighted by Gasteiger charge is -1.07. The Kier molecular flexibility index (Phi) is 24.3. The first-order valence-corrected chi connectivity index (χ1v) is 3.00. The van der Waals surface area contributed by atoms with Gasteiger partial charge in [-0.3, -0.25) is 0 Å². The van der Waals surface area contributed by atoms with Gasteiger partial charge in [0.25, 0.3) is 0 Å². The van der Waals surface area contributed by atoms with Crippen molar-refractivity contribution >= 4 is 0 Å². The van der Waals surface area contributed by atoms with Gasteiger partial charge in [0.1, 0.15) is 0 Å². The molecule has 0 saturated heterocycles. The van der Waals surface area contributed by atoms with Gasteiger partial charge < -0.3 is 0 Å². The molecule has 0 nitrogen and oxygen atoms in total. The van der Waals surface area contributed by atoms with Crippen molar-refractivity contribution in [2.45, 2.75) is 33.1 Å². The van der Waals surface area contributed by atoms with E-state index in [-0.39, 0.29) is 0 Å². The summed E-state index contributed by atoms with van der Waals surface area (Å²) in [5, 5.41) is 0. The molecule has 7 heavy (non-hydrogen) atoms. The molecule has 1 aliphatic rings. The molecule has 0 aromatic heterocycles. The maximum absolute atomic E-state index is 3.00. The zero-order valence-corrected chi connectivity index (χ0v) is 5.54. The lowest BCUT2D eigenvalue weighted by Crippen LogP contribution is -0.856. The van der Waals surface area contributed by atoms with E-state index in [0.29, 0.717) is 0 Å². The van der Waals surface area contributed by atoms with Gasteiger partial charge in [-0.05, 0) is 0 Å². The van der Waals surface area contributed by atoms with Crippen LogP contribution in [0, 0.1) is 0 Å². The predicted molar refractivity (Wildman–Crippen MR) is 36.5 cm³/mol. The van der Waals surface area contributed by atoms with Gasteiger partial charge >= 0.3 is 0 Å². The number of hydrogen-bond acceptors (Lipinski definition) is 0. The summed E-state index contributed by atoms with van der Waals surface area (Å²) in [5.41, 5.74) is 0. The van der Waals surface area contributed by atoms with Crippen molar-refractivity contribution in [1.29, 1.82) is 0 Å². The van der Waals surface area contributed by atoms with Gasteiger partial charge in [0.15, 0.2) is 0 Å². The lowest BCUT2D eigenvalue weighted by molar-refractivity contribution is 1.50. The molecular weight excluding hydrogens is 84.1 g/mol. The molecule has 0 amide bonds. The molecule has 0 radical (unpaired) electrons. The quantitative estimate of drug-likeness (QED) is 0.410. The van der Waals surface area contributed by atoms with Gasteiger partial charge in [0.05, 0.1) is 0 Å². The molecule has 0 aromatic rings. The second kappa shape index (κ2) is 17.2. The SMILES string of the molecule is C1CC1.C=C.CC. The maximum Gasteiger partial charge on any atom is -0.0533 e. The first-order valence-electron chi connectivity index (χ1n) is 3.00. The standard InChI is InChI=1S/C3H6.C2H6.C2H4/c1-2-3-1;2*1-2/h1-3H2;1-2H3;1-2H2. The lowest BCUT2D eigenvalue weighted by atomic mass is 11.0. The van der Waals surface area contributed by atoms with E-state index in [4.69, 9.17) is 0 Å². The topological polar surface area (TPSA) is 0 Å². The van der Waals surface area contributed by atoms with Crippen LogP contribution in [0.5, 0.6) is 0 Å². The maximum atomic E-state index is 3.00. The highest BCUT2D eigenvalue weighted by atomic mass is 14.0. The summed E-state index contributed by atoms with van der Waals surface area (Å²) in [6, 6.07) is 0. The number of hydrogen-bond donors (Lipinski definition) is 0. The third-order valence-corrected chi connectivity index (χ3v) is 0.354. The fourth-order valence-electron chi connectivity index (χ4n) is 0. The molecule has 0 unspecified atom stereocenters. The van der Waals surface area contributed by atoms with Gasteiger partial charge in [-0.2, -0.15) is 0 Å². The van der Waals surface area contributed by atoms with E-state index in [9.17, 15) is 0 Å². The minimum Gasteiger partial charge on any atom is -0.106 e. The minimum absolute atomic E-state index is 1.50. The first-order chi connectivity index (χ1) is 3.50. The Morgan fingerprint density at radius 1 is 0.857 bits per heavy atom. The van der Waals surface area contributed by atoms with E-state index in [0.717, 1.165) is 0 Å². The highest BCUT2D eigenvalue weighted by Crippen LogP contribution is 2.14. The van der Waals surface area contributed by atoms with Crippen LogP contribution in [-0.2, 0) is 0 Å². The van der Waals surface area contributed by atoms with Crippen LogP contribution in [0.3, 0.4) is 0 Å². The molecule has 0 N–H and O–H groups in total. The Bertz CT molecular complexity index is 11.2. The Hall–Kier alpha value is -0.260. The predicted octanol–water partition coefficient (Wildman–Crippen LogP) is 3.00. The minimum atomic E-state index is 1.50. The third-order valence-electron chi connectivity index (χ3n) is 0.354. The molecule has 1 aliphatic carbocycles. The van der Waals surface area contributed by atoms with E-state index >= 15 is 0 Å². The van der Waals surface area contributed by atoms with Gasteiger partial charge in [-0.15, -0.1) is 13.2 Å². The summed E-state index contributed by atoms with van der Waals surface area (Å²) < 4.78 is 0. The van der Waals surface area contributed by atoms with E-state index in [1.165, 1.54) is 19.3 Å². The molecule has 0 aromatic carbocycles. The van der Waals surface area contributed by atoms with Crippen molar-refractivity contribution in [1.82, 2.24) is 0 Å². The largest absolute Gasteiger partial charge is 0.106 e. The Labute approximate surface area is 47.2 Å². The van der Waals surface area contributed by atoms with Gasteiger partial charge in [0.2, 0.25) is 0 Å². The Balaban J connectivity index is 0. The van der Waals surface area contributed by atoms with Crippen LogP contribution >= 0.6 is 0 Å². The monoisotopic (exact) mass is 100 g/mol. The van der Waals surface area contributed by atoms with Crippen LogP contribution in [0.25, 0.3) is 0 Å². The molecule has 0 heteroatoms. The van der Waals surface area contributed by atoms with Crippen LogP contribution in [-0.4, -0.2) is 0 Å². The van der Waals surface area contributed by atoms with Gasteiger partial charge in [-0.1, -0.05) is 33.1 Å². The van der Waals surface area contributed by atoms with Crippen molar-refractivity contribution in [3.8, 4) is 0 Å². The molecule has 1 fully saturated rings. The summed E-state index contributed by atoms with van der Waals surface area (Å²) in [5.74, 6) is 0. The fraction of sp³-hybridized carbons (Fsp3) is 0.714. The summed E-state index contributed by atoms with van der Waals surface area (Å²) in [4.78, 5) is 0. The second-order valence-corrected chi connectivity index (χ2v) is 1.06. The molecule has 0 heterocycles. The van der Waals surface area contributed by atoms with E-state index in [1.807, 2.05) is 13.8 Å². The smallest absolute Gasteiger partial charge is 0.0533 e. The van der Waals surface area contributed by atoms with E-state index in [2.05, 4.69) is 13.2 Å². The highest BCUT2D eigenvalue weighted by Gasteiger charge is 1.95. The molecular formula is C7H16. The Morgan fingerprint density at radius 3 is 1.00 bits per heavy atom.